The quantitative estimate of drug-likeness (QED) is 0.895. The minimum atomic E-state index is 0.631. The molecule has 3 nitrogen and oxygen atoms in total. The van der Waals surface area contributed by atoms with Crippen molar-refractivity contribution in [2.75, 3.05) is 5.73 Å². The third-order valence-corrected chi connectivity index (χ3v) is 3.62. The van der Waals surface area contributed by atoms with E-state index in [-0.39, 0.29) is 0 Å². The van der Waals surface area contributed by atoms with E-state index in [1.165, 1.54) is 24.2 Å². The fraction of sp³-hybridized carbons (Fsp3) is 0.400. The smallest absolute Gasteiger partial charge is 0.131 e. The average Bonchev–Trinajstić information content (AvgIpc) is 3.15. The second kappa shape index (κ2) is 4.16. The zero-order chi connectivity index (χ0) is 12.7. The van der Waals surface area contributed by atoms with Crippen LogP contribution in [0.2, 0.25) is 0 Å². The van der Waals surface area contributed by atoms with Gasteiger partial charge in [-0.1, -0.05) is 29.8 Å². The van der Waals surface area contributed by atoms with Crippen LogP contribution in [0, 0.1) is 6.92 Å². The van der Waals surface area contributed by atoms with Crippen LogP contribution in [0.5, 0.6) is 0 Å². The van der Waals surface area contributed by atoms with Gasteiger partial charge in [0.05, 0.1) is 0 Å². The van der Waals surface area contributed by atoms with Gasteiger partial charge in [-0.25, -0.2) is 4.98 Å². The minimum Gasteiger partial charge on any atom is -0.383 e. The van der Waals surface area contributed by atoms with Crippen molar-refractivity contribution in [3.63, 3.8) is 0 Å². The molecule has 18 heavy (non-hydrogen) atoms. The SMILES string of the molecule is CCn1c(C2CC2)nc(-c2ccc(C)cc2)c1N. The lowest BCUT2D eigenvalue weighted by atomic mass is 10.1. The largest absolute Gasteiger partial charge is 0.383 e. The average molecular weight is 241 g/mol. The topological polar surface area (TPSA) is 43.8 Å². The summed E-state index contributed by atoms with van der Waals surface area (Å²) in [6, 6.07) is 8.42. The summed E-state index contributed by atoms with van der Waals surface area (Å²) in [5, 5.41) is 0. The van der Waals surface area contributed by atoms with Crippen LogP contribution in [0.25, 0.3) is 11.3 Å². The van der Waals surface area contributed by atoms with Crippen LogP contribution in [-0.2, 0) is 6.54 Å². The Kier molecular flexibility index (Phi) is 2.62. The highest BCUT2D eigenvalue weighted by atomic mass is 15.1. The standard InChI is InChI=1S/C15H19N3/c1-3-18-14(16)13(17-15(18)12-8-9-12)11-6-4-10(2)5-7-11/h4-7,12H,3,8-9,16H2,1-2H3. The number of aromatic nitrogens is 2. The van der Waals surface area contributed by atoms with Crippen molar-refractivity contribution in [2.24, 2.45) is 0 Å². The van der Waals surface area contributed by atoms with E-state index in [2.05, 4.69) is 42.7 Å². The molecule has 94 valence electrons. The molecule has 2 N–H and O–H groups in total. The number of nitrogens with two attached hydrogens (primary N) is 1. The molecule has 1 aliphatic rings. The van der Waals surface area contributed by atoms with Crippen molar-refractivity contribution < 1.29 is 0 Å². The van der Waals surface area contributed by atoms with Crippen LogP contribution in [0.4, 0.5) is 5.82 Å². The van der Waals surface area contributed by atoms with Crippen molar-refractivity contribution in [2.45, 2.75) is 39.2 Å². The van der Waals surface area contributed by atoms with Gasteiger partial charge in [0.2, 0.25) is 0 Å². The lowest BCUT2D eigenvalue weighted by molar-refractivity contribution is 0.708. The minimum absolute atomic E-state index is 0.631. The van der Waals surface area contributed by atoms with Crippen LogP contribution >= 0.6 is 0 Å². The van der Waals surface area contributed by atoms with Crippen molar-refractivity contribution in [1.29, 1.82) is 0 Å². The third-order valence-electron chi connectivity index (χ3n) is 3.62. The number of anilines is 1. The van der Waals surface area contributed by atoms with E-state index in [9.17, 15) is 0 Å². The number of imidazole rings is 1. The van der Waals surface area contributed by atoms with E-state index >= 15 is 0 Å². The molecule has 1 fully saturated rings. The van der Waals surface area contributed by atoms with Gasteiger partial charge in [0, 0.05) is 18.0 Å². The van der Waals surface area contributed by atoms with Gasteiger partial charge >= 0.3 is 0 Å². The van der Waals surface area contributed by atoms with Crippen molar-refractivity contribution in [3.8, 4) is 11.3 Å². The lowest BCUT2D eigenvalue weighted by Crippen LogP contribution is -2.04. The van der Waals surface area contributed by atoms with Crippen molar-refractivity contribution in [1.82, 2.24) is 9.55 Å². The van der Waals surface area contributed by atoms with Crippen LogP contribution < -0.4 is 5.73 Å². The summed E-state index contributed by atoms with van der Waals surface area (Å²) in [6.45, 7) is 5.12. The van der Waals surface area contributed by atoms with Gasteiger partial charge in [-0.3, -0.25) is 0 Å². The first-order chi connectivity index (χ1) is 8.70. The fourth-order valence-electron chi connectivity index (χ4n) is 2.39. The Morgan fingerprint density at radius 3 is 2.50 bits per heavy atom. The Morgan fingerprint density at radius 2 is 1.94 bits per heavy atom. The molecule has 1 heterocycles. The van der Waals surface area contributed by atoms with E-state index in [1.54, 1.807) is 0 Å². The van der Waals surface area contributed by atoms with Gasteiger partial charge in [-0.2, -0.15) is 0 Å². The predicted molar refractivity (Wildman–Crippen MR) is 74.5 cm³/mol. The number of nitrogen functional groups attached to an aromatic ring is 1. The van der Waals surface area contributed by atoms with Gasteiger partial charge < -0.3 is 10.3 Å². The molecular formula is C15H19N3. The molecule has 3 rings (SSSR count). The molecule has 3 heteroatoms. The van der Waals surface area contributed by atoms with Gasteiger partial charge in [0.1, 0.15) is 17.3 Å². The molecule has 0 bridgehead atoms. The van der Waals surface area contributed by atoms with Gasteiger partial charge in [0.25, 0.3) is 0 Å². The Balaban J connectivity index is 2.08. The van der Waals surface area contributed by atoms with E-state index in [4.69, 9.17) is 10.7 Å². The number of aryl methyl sites for hydroxylation is 1. The summed E-state index contributed by atoms with van der Waals surface area (Å²) >= 11 is 0. The molecule has 1 aromatic carbocycles. The van der Waals surface area contributed by atoms with Crippen LogP contribution in [0.1, 0.15) is 37.1 Å². The maximum Gasteiger partial charge on any atom is 0.131 e. The van der Waals surface area contributed by atoms with Gasteiger partial charge in [-0.05, 0) is 26.7 Å². The summed E-state index contributed by atoms with van der Waals surface area (Å²) in [4.78, 5) is 4.78. The van der Waals surface area contributed by atoms with Gasteiger partial charge in [0.15, 0.2) is 0 Å². The molecule has 0 amide bonds. The van der Waals surface area contributed by atoms with Crippen LogP contribution in [0.15, 0.2) is 24.3 Å². The van der Waals surface area contributed by atoms with Crippen LogP contribution in [-0.4, -0.2) is 9.55 Å². The highest BCUT2D eigenvalue weighted by molar-refractivity contribution is 5.71. The number of hydrogen-bond donors (Lipinski definition) is 1. The predicted octanol–water partition coefficient (Wildman–Crippen LogP) is 3.34. The summed E-state index contributed by atoms with van der Waals surface area (Å²) in [6.07, 6.45) is 2.51. The molecular weight excluding hydrogens is 222 g/mol. The Labute approximate surface area is 108 Å². The first-order valence-corrected chi connectivity index (χ1v) is 6.63. The maximum absolute atomic E-state index is 6.25. The highest BCUT2D eigenvalue weighted by Gasteiger charge is 2.30. The molecule has 0 atom stereocenters. The van der Waals surface area contributed by atoms with E-state index in [1.807, 2.05) is 0 Å². The second-order valence-electron chi connectivity index (χ2n) is 5.09. The highest BCUT2D eigenvalue weighted by Crippen LogP contribution is 2.42. The first-order valence-electron chi connectivity index (χ1n) is 6.63. The summed E-state index contributed by atoms with van der Waals surface area (Å²) in [5.41, 5.74) is 9.57. The molecule has 0 aliphatic heterocycles. The zero-order valence-corrected chi connectivity index (χ0v) is 11.0. The molecule has 1 saturated carbocycles. The molecule has 1 aromatic heterocycles. The van der Waals surface area contributed by atoms with Gasteiger partial charge in [-0.15, -0.1) is 0 Å². The molecule has 0 saturated heterocycles. The summed E-state index contributed by atoms with van der Waals surface area (Å²) in [5.74, 6) is 2.61. The maximum atomic E-state index is 6.25. The van der Waals surface area contributed by atoms with Crippen molar-refractivity contribution in [3.05, 3.63) is 35.7 Å². The number of hydrogen-bond acceptors (Lipinski definition) is 2. The summed E-state index contributed by atoms with van der Waals surface area (Å²) in [7, 11) is 0. The zero-order valence-electron chi connectivity index (χ0n) is 11.0. The normalized spacial score (nSPS) is 15.0. The second-order valence-corrected chi connectivity index (χ2v) is 5.09. The molecule has 0 spiro atoms. The molecule has 1 aliphatic carbocycles. The Morgan fingerprint density at radius 1 is 1.28 bits per heavy atom. The Hall–Kier alpha value is -1.77. The number of benzene rings is 1. The van der Waals surface area contributed by atoms with E-state index in [0.29, 0.717) is 5.92 Å². The van der Waals surface area contributed by atoms with E-state index in [0.717, 1.165) is 23.6 Å². The molecule has 0 radical (unpaired) electrons. The fourth-order valence-corrected chi connectivity index (χ4v) is 2.39. The first kappa shape index (κ1) is 11.3. The monoisotopic (exact) mass is 241 g/mol. The number of rotatable bonds is 3. The molecule has 0 unspecified atom stereocenters. The Bertz CT molecular complexity index is 562. The van der Waals surface area contributed by atoms with Crippen molar-refractivity contribution >= 4 is 5.82 Å². The number of nitrogens with zero attached hydrogens (tertiary/aromatic N) is 2. The molecule has 2 aromatic rings. The summed E-state index contributed by atoms with van der Waals surface area (Å²) < 4.78 is 2.16. The third kappa shape index (κ3) is 1.80. The lowest BCUT2D eigenvalue weighted by Gasteiger charge is -2.05. The van der Waals surface area contributed by atoms with Crippen LogP contribution in [0.3, 0.4) is 0 Å². The van der Waals surface area contributed by atoms with E-state index < -0.39 is 0 Å².